The lowest BCUT2D eigenvalue weighted by molar-refractivity contribution is 0.0955. The first-order valence-electron chi connectivity index (χ1n) is 6.06. The van der Waals surface area contributed by atoms with E-state index in [9.17, 15) is 4.79 Å². The summed E-state index contributed by atoms with van der Waals surface area (Å²) < 4.78 is 0. The van der Waals surface area contributed by atoms with Gasteiger partial charge in [0.05, 0.1) is 11.3 Å². The number of hydrogen-bond acceptors (Lipinski definition) is 4. The fraction of sp³-hybridized carbons (Fsp3) is 0.538. The van der Waals surface area contributed by atoms with Crippen LogP contribution in [0.5, 0.6) is 0 Å². The van der Waals surface area contributed by atoms with Crippen LogP contribution < -0.4 is 5.32 Å². The van der Waals surface area contributed by atoms with Gasteiger partial charge in [-0.15, -0.1) is 0 Å². The molecule has 1 amide bonds. The van der Waals surface area contributed by atoms with Gasteiger partial charge in [0.15, 0.2) is 0 Å². The van der Waals surface area contributed by atoms with Crippen molar-refractivity contribution in [2.75, 3.05) is 24.7 Å². The van der Waals surface area contributed by atoms with E-state index < -0.39 is 0 Å². The van der Waals surface area contributed by atoms with Crippen LogP contribution in [-0.4, -0.2) is 40.7 Å². The maximum atomic E-state index is 11.9. The van der Waals surface area contributed by atoms with Crippen molar-refractivity contribution in [1.29, 1.82) is 0 Å². The van der Waals surface area contributed by atoms with Gasteiger partial charge >= 0.3 is 0 Å². The largest absolute Gasteiger partial charge is 0.396 e. The smallest absolute Gasteiger partial charge is 0.253 e. The molecular weight excluding hydrogens is 248 g/mol. The van der Waals surface area contributed by atoms with Crippen LogP contribution in [0.2, 0.25) is 0 Å². The molecule has 0 saturated carbocycles. The molecule has 1 rings (SSSR count). The van der Waals surface area contributed by atoms with Gasteiger partial charge < -0.3 is 10.4 Å². The number of amides is 1. The Hall–Kier alpha value is -1.07. The van der Waals surface area contributed by atoms with Crippen LogP contribution >= 0.6 is 11.8 Å². The molecule has 1 aromatic rings. The first-order chi connectivity index (χ1) is 8.65. The number of aryl methyl sites for hydroxylation is 2. The molecule has 0 aromatic carbocycles. The molecule has 0 unspecified atom stereocenters. The van der Waals surface area contributed by atoms with E-state index in [2.05, 4.69) is 10.3 Å². The van der Waals surface area contributed by atoms with E-state index in [0.29, 0.717) is 12.1 Å². The number of pyridine rings is 1. The summed E-state index contributed by atoms with van der Waals surface area (Å²) in [5.41, 5.74) is 2.32. The van der Waals surface area contributed by atoms with Gasteiger partial charge in [0.2, 0.25) is 0 Å². The normalized spacial score (nSPS) is 10.4. The summed E-state index contributed by atoms with van der Waals surface area (Å²) in [5.74, 6) is 1.73. The Balaban J connectivity index is 2.32. The molecule has 5 heteroatoms. The van der Waals surface area contributed by atoms with Crippen molar-refractivity contribution < 1.29 is 9.90 Å². The fourth-order valence-corrected chi connectivity index (χ4v) is 2.31. The van der Waals surface area contributed by atoms with E-state index in [0.717, 1.165) is 29.3 Å². The molecule has 0 saturated heterocycles. The maximum Gasteiger partial charge on any atom is 0.253 e. The summed E-state index contributed by atoms with van der Waals surface area (Å²) >= 11 is 1.73. The third-order valence-corrected chi connectivity index (χ3v) is 3.52. The van der Waals surface area contributed by atoms with Gasteiger partial charge in [-0.1, -0.05) is 0 Å². The van der Waals surface area contributed by atoms with E-state index in [-0.39, 0.29) is 12.5 Å². The average molecular weight is 268 g/mol. The number of aliphatic hydroxyl groups excluding tert-OH is 1. The Bertz CT molecular complexity index is 397. The number of thioether (sulfide) groups is 1. The van der Waals surface area contributed by atoms with Crippen LogP contribution in [0.3, 0.4) is 0 Å². The van der Waals surface area contributed by atoms with E-state index in [1.165, 1.54) is 0 Å². The predicted molar refractivity (Wildman–Crippen MR) is 75.1 cm³/mol. The van der Waals surface area contributed by atoms with Crippen LogP contribution in [-0.2, 0) is 0 Å². The zero-order valence-corrected chi connectivity index (χ0v) is 11.7. The minimum Gasteiger partial charge on any atom is -0.396 e. The summed E-state index contributed by atoms with van der Waals surface area (Å²) in [6, 6.07) is 3.66. The van der Waals surface area contributed by atoms with Crippen LogP contribution in [0.25, 0.3) is 0 Å². The SMILES string of the molecule is Cc1ccc(C(=O)NCCSCCCO)c(C)n1. The Morgan fingerprint density at radius 1 is 1.39 bits per heavy atom. The van der Waals surface area contributed by atoms with Crippen molar-refractivity contribution in [2.45, 2.75) is 20.3 Å². The summed E-state index contributed by atoms with van der Waals surface area (Å²) in [6.07, 6.45) is 0.805. The minimum absolute atomic E-state index is 0.0669. The minimum atomic E-state index is -0.0669. The van der Waals surface area contributed by atoms with Gasteiger partial charge in [-0.3, -0.25) is 9.78 Å². The lowest BCUT2D eigenvalue weighted by Gasteiger charge is -2.07. The topological polar surface area (TPSA) is 62.2 Å². The number of nitrogens with zero attached hydrogens (tertiary/aromatic N) is 1. The Labute approximate surface area is 112 Å². The molecule has 0 bridgehead atoms. The lowest BCUT2D eigenvalue weighted by Crippen LogP contribution is -2.26. The van der Waals surface area contributed by atoms with Gasteiger partial charge in [0, 0.05) is 24.6 Å². The highest BCUT2D eigenvalue weighted by Gasteiger charge is 2.08. The van der Waals surface area contributed by atoms with Crippen molar-refractivity contribution in [2.24, 2.45) is 0 Å². The van der Waals surface area contributed by atoms with Crippen molar-refractivity contribution in [1.82, 2.24) is 10.3 Å². The van der Waals surface area contributed by atoms with Crippen LogP contribution in [0, 0.1) is 13.8 Å². The molecule has 18 heavy (non-hydrogen) atoms. The molecule has 4 nitrogen and oxygen atoms in total. The molecule has 1 heterocycles. The van der Waals surface area contributed by atoms with E-state index >= 15 is 0 Å². The Kier molecular flexibility index (Phi) is 6.75. The summed E-state index contributed by atoms with van der Waals surface area (Å²) in [4.78, 5) is 16.1. The number of carbonyl (C=O) groups excluding carboxylic acids is 1. The number of aliphatic hydroxyl groups is 1. The number of rotatable bonds is 7. The van der Waals surface area contributed by atoms with E-state index in [1.807, 2.05) is 26.0 Å². The summed E-state index contributed by atoms with van der Waals surface area (Å²) in [7, 11) is 0. The molecule has 0 aliphatic carbocycles. The molecule has 2 N–H and O–H groups in total. The van der Waals surface area contributed by atoms with Crippen molar-refractivity contribution in [3.8, 4) is 0 Å². The second-order valence-electron chi connectivity index (χ2n) is 4.03. The third-order valence-electron chi connectivity index (χ3n) is 2.45. The fourth-order valence-electron chi connectivity index (χ4n) is 1.53. The average Bonchev–Trinajstić information content (AvgIpc) is 2.33. The van der Waals surface area contributed by atoms with Crippen LogP contribution in [0.15, 0.2) is 12.1 Å². The molecule has 0 fully saturated rings. The van der Waals surface area contributed by atoms with Crippen LogP contribution in [0.4, 0.5) is 0 Å². The maximum absolute atomic E-state index is 11.9. The highest BCUT2D eigenvalue weighted by molar-refractivity contribution is 7.99. The first kappa shape index (κ1) is 15.0. The molecular formula is C13H20N2O2S. The third kappa shape index (κ3) is 5.06. The number of aromatic nitrogens is 1. The number of nitrogens with one attached hydrogen (secondary N) is 1. The quantitative estimate of drug-likeness (QED) is 0.736. The van der Waals surface area contributed by atoms with E-state index in [4.69, 9.17) is 5.11 Å². The van der Waals surface area contributed by atoms with Gasteiger partial charge in [-0.2, -0.15) is 11.8 Å². The number of carbonyl (C=O) groups is 1. The molecule has 0 spiro atoms. The summed E-state index contributed by atoms with van der Waals surface area (Å²) in [5, 5.41) is 11.5. The predicted octanol–water partition coefficient (Wildman–Crippen LogP) is 1.54. The standard InChI is InChI=1S/C13H20N2O2S/c1-10-4-5-12(11(2)15-10)13(17)14-6-9-18-8-3-7-16/h4-5,16H,3,6-9H2,1-2H3,(H,14,17). The highest BCUT2D eigenvalue weighted by Crippen LogP contribution is 2.06. The summed E-state index contributed by atoms with van der Waals surface area (Å²) in [6.45, 7) is 4.63. The zero-order chi connectivity index (χ0) is 13.4. The van der Waals surface area contributed by atoms with Gasteiger partial charge in [0.1, 0.15) is 0 Å². The van der Waals surface area contributed by atoms with E-state index in [1.54, 1.807) is 11.8 Å². The monoisotopic (exact) mass is 268 g/mol. The van der Waals surface area contributed by atoms with Crippen molar-refractivity contribution >= 4 is 17.7 Å². The molecule has 0 aliphatic heterocycles. The van der Waals surface area contributed by atoms with Gasteiger partial charge in [0.25, 0.3) is 5.91 Å². The number of hydrogen-bond donors (Lipinski definition) is 2. The second kappa shape index (κ2) is 8.11. The van der Waals surface area contributed by atoms with Gasteiger partial charge in [-0.05, 0) is 38.2 Å². The van der Waals surface area contributed by atoms with Gasteiger partial charge in [-0.25, -0.2) is 0 Å². The second-order valence-corrected chi connectivity index (χ2v) is 5.26. The molecule has 0 atom stereocenters. The Morgan fingerprint density at radius 3 is 2.83 bits per heavy atom. The molecule has 100 valence electrons. The zero-order valence-electron chi connectivity index (χ0n) is 10.9. The molecule has 0 radical (unpaired) electrons. The first-order valence-corrected chi connectivity index (χ1v) is 7.21. The van der Waals surface area contributed by atoms with Crippen molar-refractivity contribution in [3.63, 3.8) is 0 Å². The van der Waals surface area contributed by atoms with Crippen molar-refractivity contribution in [3.05, 3.63) is 29.1 Å². The Morgan fingerprint density at radius 2 is 2.17 bits per heavy atom. The molecule has 0 aliphatic rings. The lowest BCUT2D eigenvalue weighted by atomic mass is 10.2. The van der Waals surface area contributed by atoms with Crippen LogP contribution in [0.1, 0.15) is 28.2 Å². The highest BCUT2D eigenvalue weighted by atomic mass is 32.2. The molecule has 1 aromatic heterocycles.